The largest absolute Gasteiger partial charge is 0.379 e. The van der Waals surface area contributed by atoms with Crippen LogP contribution < -0.4 is 21.3 Å². The summed E-state index contributed by atoms with van der Waals surface area (Å²) in [4.78, 5) is 84.0. The molecule has 5 amide bonds. The third-order valence-electron chi connectivity index (χ3n) is 12.4. The van der Waals surface area contributed by atoms with Crippen molar-refractivity contribution < 1.29 is 33.4 Å². The van der Waals surface area contributed by atoms with Gasteiger partial charge in [0, 0.05) is 86.1 Å². The molecule has 1 atom stereocenters. The van der Waals surface area contributed by atoms with Gasteiger partial charge >= 0.3 is 0 Å². The summed E-state index contributed by atoms with van der Waals surface area (Å²) < 4.78 is 11.2. The Morgan fingerprint density at radius 2 is 1.61 bits per heavy atom. The number of nitrogens with one attached hydrogen (secondary N) is 4. The van der Waals surface area contributed by atoms with Crippen LogP contribution in [0.1, 0.15) is 80.7 Å². The van der Waals surface area contributed by atoms with E-state index in [0.29, 0.717) is 49.0 Å². The third kappa shape index (κ3) is 12.7. The Morgan fingerprint density at radius 1 is 0.812 bits per heavy atom. The van der Waals surface area contributed by atoms with Gasteiger partial charge in [0.1, 0.15) is 12.6 Å². The average Bonchev–Trinajstić information content (AvgIpc) is 3.61. The molecule has 0 radical (unpaired) electrons. The van der Waals surface area contributed by atoms with Gasteiger partial charge in [-0.05, 0) is 105 Å². The fraction of sp³-hybridized carbons (Fsp3) is 0.346. The molecule has 3 aromatic carbocycles. The number of aromatic nitrogens is 3. The molecular formula is C52H58N10O7. The second kappa shape index (κ2) is 23.2. The molecule has 3 aliphatic rings. The predicted molar refractivity (Wildman–Crippen MR) is 262 cm³/mol. The number of hydrogen-bond acceptors (Lipinski definition) is 13. The van der Waals surface area contributed by atoms with Crippen LogP contribution in [0.3, 0.4) is 0 Å². The fourth-order valence-corrected chi connectivity index (χ4v) is 8.61. The quantitative estimate of drug-likeness (QED) is 0.0455. The summed E-state index contributed by atoms with van der Waals surface area (Å²) in [5, 5.41) is 11.6. The Kier molecular flexibility index (Phi) is 16.2. The highest BCUT2D eigenvalue weighted by atomic mass is 16.5. The lowest BCUT2D eigenvalue weighted by Crippen LogP contribution is -2.51. The number of amides is 5. The Hall–Kier alpha value is -7.18. The van der Waals surface area contributed by atoms with Crippen molar-refractivity contribution in [1.82, 2.24) is 35.0 Å². The van der Waals surface area contributed by atoms with Crippen LogP contribution in [-0.4, -0.2) is 124 Å². The molecule has 8 rings (SSSR count). The van der Waals surface area contributed by atoms with Gasteiger partial charge in [0.05, 0.1) is 35.7 Å². The topological polar surface area (TPSA) is 200 Å². The summed E-state index contributed by atoms with van der Waals surface area (Å²) in [6.07, 6.45) is 10.2. The number of aryl methyl sites for hydroxylation is 1. The van der Waals surface area contributed by atoms with E-state index in [0.717, 1.165) is 92.4 Å². The highest BCUT2D eigenvalue weighted by molar-refractivity contribution is 6.25. The Balaban J connectivity index is 0.656. The second-order valence-corrected chi connectivity index (χ2v) is 17.4. The van der Waals surface area contributed by atoms with E-state index in [1.165, 1.54) is 11.6 Å². The summed E-state index contributed by atoms with van der Waals surface area (Å²) in [5.41, 5.74) is 6.83. The standard InChI is InChI=1S/C52H58N10O7/c1-35-12-18-40(31-44(35)59-52-54-22-20-42(58-52)39-9-8-21-53-32-39)56-48(64)38-16-14-37(15-17-38)33-61-26-24-60(25-27-61)23-5-3-4-6-28-68-29-30-69-34-46(63)57-43-11-7-10-41-47(43)51(67)62(50(41)66)45-19-13-36(2)55-49(45)65/h7-12,14-18,20-22,31-32,45H,2-6,13,19,23-30,33-34H2,1H3,(H,55,65)(H,56,64)(H,57,63)(H,54,58,59). The summed E-state index contributed by atoms with van der Waals surface area (Å²) in [6.45, 7) is 12.7. The number of pyridine rings is 1. The molecule has 2 aromatic heterocycles. The van der Waals surface area contributed by atoms with Crippen LogP contribution in [0.25, 0.3) is 11.3 Å². The third-order valence-corrected chi connectivity index (χ3v) is 12.4. The molecule has 69 heavy (non-hydrogen) atoms. The molecule has 4 N–H and O–H groups in total. The van der Waals surface area contributed by atoms with Crippen LogP contribution in [0.2, 0.25) is 0 Å². The number of ether oxygens (including phenoxy) is 2. The number of hydrogen-bond donors (Lipinski definition) is 4. The molecule has 2 fully saturated rings. The molecule has 17 heteroatoms. The molecule has 5 heterocycles. The highest BCUT2D eigenvalue weighted by Crippen LogP contribution is 2.33. The van der Waals surface area contributed by atoms with E-state index in [1.807, 2.05) is 67.6 Å². The van der Waals surface area contributed by atoms with Crippen LogP contribution >= 0.6 is 0 Å². The number of anilines is 4. The lowest BCUT2D eigenvalue weighted by Gasteiger charge is -2.34. The zero-order chi connectivity index (χ0) is 48.1. The number of piperidine rings is 1. The molecule has 5 aromatic rings. The minimum atomic E-state index is -0.935. The van der Waals surface area contributed by atoms with Crippen molar-refractivity contribution >= 4 is 52.5 Å². The Labute approximate surface area is 401 Å². The molecular weight excluding hydrogens is 877 g/mol. The van der Waals surface area contributed by atoms with Crippen molar-refractivity contribution in [2.45, 2.75) is 58.0 Å². The van der Waals surface area contributed by atoms with Crippen molar-refractivity contribution in [1.29, 1.82) is 0 Å². The zero-order valence-electron chi connectivity index (χ0n) is 38.9. The van der Waals surface area contributed by atoms with Crippen LogP contribution in [0.15, 0.2) is 110 Å². The zero-order valence-corrected chi connectivity index (χ0v) is 38.9. The van der Waals surface area contributed by atoms with Crippen molar-refractivity contribution in [2.24, 2.45) is 0 Å². The van der Waals surface area contributed by atoms with E-state index in [2.05, 4.69) is 52.6 Å². The van der Waals surface area contributed by atoms with E-state index in [-0.39, 0.29) is 35.9 Å². The van der Waals surface area contributed by atoms with Gasteiger partial charge in [-0.2, -0.15) is 0 Å². The first-order valence-electron chi connectivity index (χ1n) is 23.5. The molecule has 3 aliphatic heterocycles. The molecule has 0 spiro atoms. The van der Waals surface area contributed by atoms with Crippen molar-refractivity contribution in [3.05, 3.63) is 138 Å². The van der Waals surface area contributed by atoms with Crippen molar-refractivity contribution in [3.63, 3.8) is 0 Å². The smallest absolute Gasteiger partial charge is 0.264 e. The predicted octanol–water partition coefficient (Wildman–Crippen LogP) is 6.58. The maximum atomic E-state index is 13.3. The first-order chi connectivity index (χ1) is 33.6. The molecule has 2 saturated heterocycles. The van der Waals surface area contributed by atoms with Gasteiger partial charge in [0.25, 0.3) is 17.7 Å². The highest BCUT2D eigenvalue weighted by Gasteiger charge is 2.45. The first-order valence-corrected chi connectivity index (χ1v) is 23.5. The number of fused-ring (bicyclic) bond motifs is 1. The van der Waals surface area contributed by atoms with Gasteiger partial charge in [-0.25, -0.2) is 9.97 Å². The van der Waals surface area contributed by atoms with Gasteiger partial charge in [-0.1, -0.05) is 43.7 Å². The number of rotatable bonds is 21. The van der Waals surface area contributed by atoms with Crippen molar-refractivity contribution in [2.75, 3.05) is 75.1 Å². The van der Waals surface area contributed by atoms with E-state index in [1.54, 1.807) is 30.7 Å². The monoisotopic (exact) mass is 934 g/mol. The minimum Gasteiger partial charge on any atom is -0.379 e. The van der Waals surface area contributed by atoms with Gasteiger partial charge in [0.15, 0.2) is 0 Å². The van der Waals surface area contributed by atoms with Crippen LogP contribution in [0, 0.1) is 6.92 Å². The molecule has 0 bridgehead atoms. The second-order valence-electron chi connectivity index (χ2n) is 17.4. The fourth-order valence-electron chi connectivity index (χ4n) is 8.61. The average molecular weight is 935 g/mol. The molecule has 17 nitrogen and oxygen atoms in total. The Bertz CT molecular complexity index is 2650. The number of carbonyl (C=O) groups excluding carboxylic acids is 5. The van der Waals surface area contributed by atoms with Crippen LogP contribution in [0.5, 0.6) is 0 Å². The minimum absolute atomic E-state index is 0.0696. The normalized spacial score (nSPS) is 16.3. The number of nitrogens with zero attached hydrogens (tertiary/aromatic N) is 6. The number of unbranched alkanes of at least 4 members (excludes halogenated alkanes) is 3. The van der Waals surface area contributed by atoms with Gasteiger partial charge in [-0.15, -0.1) is 0 Å². The Morgan fingerprint density at radius 3 is 2.41 bits per heavy atom. The van der Waals surface area contributed by atoms with Gasteiger partial charge in [-0.3, -0.25) is 38.8 Å². The number of carbonyl (C=O) groups is 5. The number of piperazine rings is 1. The van der Waals surface area contributed by atoms with Gasteiger partial charge in [0.2, 0.25) is 17.8 Å². The summed E-state index contributed by atoms with van der Waals surface area (Å²) in [5.74, 6) is -1.83. The molecule has 0 aliphatic carbocycles. The lowest BCUT2D eigenvalue weighted by atomic mass is 10.0. The van der Waals surface area contributed by atoms with Gasteiger partial charge < -0.3 is 35.6 Å². The maximum Gasteiger partial charge on any atom is 0.264 e. The first kappa shape index (κ1) is 48.3. The van der Waals surface area contributed by atoms with E-state index >= 15 is 0 Å². The molecule has 358 valence electrons. The summed E-state index contributed by atoms with van der Waals surface area (Å²) >= 11 is 0. The molecule has 1 unspecified atom stereocenters. The summed E-state index contributed by atoms with van der Waals surface area (Å²) in [7, 11) is 0. The van der Waals surface area contributed by atoms with E-state index in [9.17, 15) is 24.0 Å². The number of benzene rings is 3. The van der Waals surface area contributed by atoms with E-state index in [4.69, 9.17) is 9.47 Å². The number of imide groups is 1. The van der Waals surface area contributed by atoms with Crippen LogP contribution in [0.4, 0.5) is 23.0 Å². The SMILES string of the molecule is C=C1CCC(N2C(=O)c3cccc(NC(=O)COCCOCCCCCCN4CCN(Cc5ccc(C(=O)Nc6ccc(C)c(Nc7nccc(-c8cccnc8)n7)c6)cc5)CC4)c3C2=O)C(=O)N1. The summed E-state index contributed by atoms with van der Waals surface area (Å²) in [6, 6.07) is 22.9. The van der Waals surface area contributed by atoms with E-state index < -0.39 is 29.7 Å². The van der Waals surface area contributed by atoms with Crippen molar-refractivity contribution in [3.8, 4) is 11.3 Å². The maximum absolute atomic E-state index is 13.3. The number of allylic oxidation sites excluding steroid dienone is 1. The lowest BCUT2D eigenvalue weighted by molar-refractivity contribution is -0.125. The van der Waals surface area contributed by atoms with Crippen LogP contribution in [-0.2, 0) is 25.6 Å². The molecule has 0 saturated carbocycles.